The predicted octanol–water partition coefficient (Wildman–Crippen LogP) is 1.27. The molecule has 0 saturated heterocycles. The van der Waals surface area contributed by atoms with Gasteiger partial charge >= 0.3 is 0 Å². The molecule has 1 saturated carbocycles. The molecule has 5 heteroatoms. The zero-order chi connectivity index (χ0) is 15.0. The molecule has 0 unspecified atom stereocenters. The third-order valence-corrected chi connectivity index (χ3v) is 3.96. The van der Waals surface area contributed by atoms with Crippen LogP contribution in [0.4, 0.5) is 0 Å². The summed E-state index contributed by atoms with van der Waals surface area (Å²) >= 11 is 0. The molecule has 0 heterocycles. The van der Waals surface area contributed by atoms with Crippen molar-refractivity contribution in [2.75, 3.05) is 19.6 Å². The summed E-state index contributed by atoms with van der Waals surface area (Å²) < 4.78 is 0. The maximum absolute atomic E-state index is 12.0. The average molecular weight is 283 g/mol. The monoisotopic (exact) mass is 283 g/mol. The fraction of sp³-hybridized carbons (Fsp3) is 0.867. The molecule has 3 N–H and O–H groups in total. The van der Waals surface area contributed by atoms with E-state index in [1.807, 2.05) is 4.90 Å². The van der Waals surface area contributed by atoms with Crippen LogP contribution in [0, 0.1) is 5.92 Å². The maximum Gasteiger partial charge on any atom is 0.234 e. The Morgan fingerprint density at radius 3 is 2.40 bits per heavy atom. The Labute approximate surface area is 122 Å². The van der Waals surface area contributed by atoms with Crippen molar-refractivity contribution in [3.63, 3.8) is 0 Å². The van der Waals surface area contributed by atoms with E-state index in [9.17, 15) is 9.59 Å². The lowest BCUT2D eigenvalue weighted by atomic mass is 9.87. The summed E-state index contributed by atoms with van der Waals surface area (Å²) in [5.74, 6) is 0.418. The first kappa shape index (κ1) is 17.0. The second kappa shape index (κ2) is 8.95. The van der Waals surface area contributed by atoms with Gasteiger partial charge in [0.05, 0.1) is 13.1 Å². The third-order valence-electron chi connectivity index (χ3n) is 3.96. The average Bonchev–Trinajstić information content (AvgIpc) is 2.38. The standard InChI is InChI=1S/C15H29N3O2/c1-3-4-9-18(10-14(16)19)11-15(20)17-13-7-5-12(2)6-8-13/h12-13H,3-11H2,1-2H3,(H2,16,19)(H,17,20). The van der Waals surface area contributed by atoms with E-state index in [4.69, 9.17) is 5.73 Å². The second-order valence-electron chi connectivity index (χ2n) is 6.05. The number of hydrogen-bond acceptors (Lipinski definition) is 3. The number of carbonyl (C=O) groups excluding carboxylic acids is 2. The third kappa shape index (κ3) is 6.89. The highest BCUT2D eigenvalue weighted by atomic mass is 16.2. The van der Waals surface area contributed by atoms with Gasteiger partial charge in [-0.15, -0.1) is 0 Å². The minimum absolute atomic E-state index is 0.0157. The number of primary amides is 1. The summed E-state index contributed by atoms with van der Waals surface area (Å²) in [6.07, 6.45) is 6.52. The van der Waals surface area contributed by atoms with Gasteiger partial charge in [0, 0.05) is 6.04 Å². The molecule has 0 aromatic rings. The Bertz CT molecular complexity index is 312. The summed E-state index contributed by atoms with van der Waals surface area (Å²) in [6, 6.07) is 0.306. The lowest BCUT2D eigenvalue weighted by molar-refractivity contribution is -0.124. The molecule has 2 amide bonds. The largest absolute Gasteiger partial charge is 0.369 e. The summed E-state index contributed by atoms with van der Waals surface area (Å²) in [5, 5.41) is 3.09. The number of hydrogen-bond donors (Lipinski definition) is 2. The normalized spacial score (nSPS) is 22.8. The van der Waals surface area contributed by atoms with Crippen molar-refractivity contribution in [3.8, 4) is 0 Å². The first-order valence-electron chi connectivity index (χ1n) is 7.81. The summed E-state index contributed by atoms with van der Waals surface area (Å²) in [4.78, 5) is 24.9. The Morgan fingerprint density at radius 1 is 1.20 bits per heavy atom. The molecule has 5 nitrogen and oxygen atoms in total. The van der Waals surface area contributed by atoms with Gasteiger partial charge in [-0.1, -0.05) is 20.3 Å². The molecule has 0 spiro atoms. The minimum Gasteiger partial charge on any atom is -0.369 e. The molecule has 0 radical (unpaired) electrons. The first-order valence-corrected chi connectivity index (χ1v) is 7.81. The van der Waals surface area contributed by atoms with Gasteiger partial charge in [-0.25, -0.2) is 0 Å². The number of carbonyl (C=O) groups is 2. The maximum atomic E-state index is 12.0. The van der Waals surface area contributed by atoms with Crippen LogP contribution >= 0.6 is 0 Å². The van der Waals surface area contributed by atoms with Crippen molar-refractivity contribution < 1.29 is 9.59 Å². The summed E-state index contributed by atoms with van der Waals surface area (Å²) in [6.45, 7) is 5.53. The van der Waals surface area contributed by atoms with Crippen LogP contribution in [0.2, 0.25) is 0 Å². The van der Waals surface area contributed by atoms with Crippen LogP contribution in [-0.4, -0.2) is 42.4 Å². The fourth-order valence-electron chi connectivity index (χ4n) is 2.70. The quantitative estimate of drug-likeness (QED) is 0.704. The highest BCUT2D eigenvalue weighted by molar-refractivity contribution is 5.80. The Kier molecular flexibility index (Phi) is 7.59. The number of rotatable bonds is 8. The first-order chi connectivity index (χ1) is 9.51. The van der Waals surface area contributed by atoms with Gasteiger partial charge in [0.15, 0.2) is 0 Å². The van der Waals surface area contributed by atoms with Gasteiger partial charge in [0.25, 0.3) is 0 Å². The molecule has 0 bridgehead atoms. The lowest BCUT2D eigenvalue weighted by Gasteiger charge is -2.28. The van der Waals surface area contributed by atoms with Crippen LogP contribution in [-0.2, 0) is 9.59 Å². The van der Waals surface area contributed by atoms with E-state index in [1.54, 1.807) is 0 Å². The Morgan fingerprint density at radius 2 is 1.85 bits per heavy atom. The van der Waals surface area contributed by atoms with E-state index in [2.05, 4.69) is 19.2 Å². The Balaban J connectivity index is 2.34. The summed E-state index contributed by atoms with van der Waals surface area (Å²) in [7, 11) is 0. The van der Waals surface area contributed by atoms with E-state index in [-0.39, 0.29) is 24.9 Å². The molecular formula is C15H29N3O2. The lowest BCUT2D eigenvalue weighted by Crippen LogP contribution is -2.45. The van der Waals surface area contributed by atoms with Gasteiger partial charge in [0.2, 0.25) is 11.8 Å². The van der Waals surface area contributed by atoms with Gasteiger partial charge in [0.1, 0.15) is 0 Å². The van der Waals surface area contributed by atoms with E-state index in [0.717, 1.165) is 38.1 Å². The number of amides is 2. The topological polar surface area (TPSA) is 75.4 Å². The van der Waals surface area contributed by atoms with Crippen molar-refractivity contribution >= 4 is 11.8 Å². The van der Waals surface area contributed by atoms with Gasteiger partial charge in [-0.2, -0.15) is 0 Å². The number of unbranched alkanes of at least 4 members (excludes halogenated alkanes) is 1. The molecule has 1 fully saturated rings. The van der Waals surface area contributed by atoms with Crippen LogP contribution in [0.3, 0.4) is 0 Å². The highest BCUT2D eigenvalue weighted by Crippen LogP contribution is 2.23. The van der Waals surface area contributed by atoms with E-state index < -0.39 is 0 Å². The molecule has 0 aliphatic heterocycles. The van der Waals surface area contributed by atoms with Crippen molar-refractivity contribution in [2.24, 2.45) is 11.7 Å². The predicted molar refractivity (Wildman–Crippen MR) is 80.1 cm³/mol. The van der Waals surface area contributed by atoms with Crippen molar-refractivity contribution in [2.45, 2.75) is 58.4 Å². The number of nitrogens with two attached hydrogens (primary N) is 1. The zero-order valence-electron chi connectivity index (χ0n) is 12.9. The van der Waals surface area contributed by atoms with Crippen LogP contribution in [0.15, 0.2) is 0 Å². The van der Waals surface area contributed by atoms with Gasteiger partial charge in [-0.3, -0.25) is 14.5 Å². The smallest absolute Gasteiger partial charge is 0.234 e. The number of nitrogens with zero attached hydrogens (tertiary/aromatic N) is 1. The van der Waals surface area contributed by atoms with Crippen molar-refractivity contribution in [1.82, 2.24) is 10.2 Å². The summed E-state index contributed by atoms with van der Waals surface area (Å²) in [5.41, 5.74) is 5.23. The van der Waals surface area contributed by atoms with Crippen LogP contribution in [0.1, 0.15) is 52.4 Å². The SMILES string of the molecule is CCCCN(CC(N)=O)CC(=O)NC1CCC(C)CC1. The molecule has 20 heavy (non-hydrogen) atoms. The molecule has 0 aromatic carbocycles. The molecule has 1 aliphatic rings. The molecule has 116 valence electrons. The van der Waals surface area contributed by atoms with Gasteiger partial charge < -0.3 is 11.1 Å². The van der Waals surface area contributed by atoms with Crippen LogP contribution in [0.25, 0.3) is 0 Å². The molecule has 1 rings (SSSR count). The fourth-order valence-corrected chi connectivity index (χ4v) is 2.70. The molecule has 1 aliphatic carbocycles. The molecule has 0 aromatic heterocycles. The minimum atomic E-state index is -0.375. The highest BCUT2D eigenvalue weighted by Gasteiger charge is 2.21. The molecular weight excluding hydrogens is 254 g/mol. The van der Waals surface area contributed by atoms with E-state index in [0.29, 0.717) is 6.04 Å². The zero-order valence-corrected chi connectivity index (χ0v) is 12.9. The molecule has 0 atom stereocenters. The van der Waals surface area contributed by atoms with Gasteiger partial charge in [-0.05, 0) is 44.6 Å². The van der Waals surface area contributed by atoms with E-state index in [1.165, 1.54) is 12.8 Å². The van der Waals surface area contributed by atoms with Crippen LogP contribution in [0.5, 0.6) is 0 Å². The number of nitrogens with one attached hydrogen (secondary N) is 1. The second-order valence-corrected chi connectivity index (χ2v) is 6.05. The van der Waals surface area contributed by atoms with Crippen molar-refractivity contribution in [3.05, 3.63) is 0 Å². The Hall–Kier alpha value is -1.10. The van der Waals surface area contributed by atoms with E-state index >= 15 is 0 Å². The van der Waals surface area contributed by atoms with Crippen LogP contribution < -0.4 is 11.1 Å². The van der Waals surface area contributed by atoms with Crippen molar-refractivity contribution in [1.29, 1.82) is 0 Å².